The summed E-state index contributed by atoms with van der Waals surface area (Å²) in [6, 6.07) is 19.8. The number of aryl methyl sites for hydroxylation is 1. The highest BCUT2D eigenvalue weighted by Gasteiger charge is 2.17. The van der Waals surface area contributed by atoms with Gasteiger partial charge in [0.25, 0.3) is 5.91 Å². The molecular formula is C24H22Cl2N2O3. The first kappa shape index (κ1) is 22.7. The summed E-state index contributed by atoms with van der Waals surface area (Å²) < 4.78 is 5.82. The fourth-order valence-corrected chi connectivity index (χ4v) is 3.48. The Bertz CT molecular complexity index is 1080. The SMILES string of the molecule is Cc1cccc(COc2cccc(C(=O)N(C)CC(=O)Nc3c(Cl)cccc3Cl)c2)c1. The van der Waals surface area contributed by atoms with Gasteiger partial charge in [-0.15, -0.1) is 0 Å². The number of rotatable bonds is 7. The number of hydrogen-bond donors (Lipinski definition) is 1. The van der Waals surface area contributed by atoms with Crippen LogP contribution in [0.3, 0.4) is 0 Å². The molecule has 0 fully saturated rings. The maximum Gasteiger partial charge on any atom is 0.254 e. The summed E-state index contributed by atoms with van der Waals surface area (Å²) in [6.45, 7) is 2.26. The predicted molar refractivity (Wildman–Crippen MR) is 124 cm³/mol. The number of benzene rings is 3. The van der Waals surface area contributed by atoms with Crippen molar-refractivity contribution in [3.05, 3.63) is 93.5 Å². The van der Waals surface area contributed by atoms with Gasteiger partial charge in [-0.2, -0.15) is 0 Å². The first-order valence-electron chi connectivity index (χ1n) is 9.61. The smallest absolute Gasteiger partial charge is 0.254 e. The Morgan fingerprint density at radius 1 is 0.968 bits per heavy atom. The highest BCUT2D eigenvalue weighted by molar-refractivity contribution is 6.39. The topological polar surface area (TPSA) is 58.6 Å². The number of anilines is 1. The highest BCUT2D eigenvalue weighted by atomic mass is 35.5. The van der Waals surface area contributed by atoms with E-state index in [9.17, 15) is 9.59 Å². The zero-order valence-electron chi connectivity index (χ0n) is 17.2. The van der Waals surface area contributed by atoms with Crippen LogP contribution in [-0.2, 0) is 11.4 Å². The molecule has 0 saturated carbocycles. The zero-order valence-corrected chi connectivity index (χ0v) is 18.7. The lowest BCUT2D eigenvalue weighted by atomic mass is 10.1. The summed E-state index contributed by atoms with van der Waals surface area (Å²) in [5.74, 6) is -0.132. The minimum absolute atomic E-state index is 0.158. The fourth-order valence-electron chi connectivity index (χ4n) is 2.99. The Kier molecular flexibility index (Phi) is 7.55. The number of ether oxygens (including phenoxy) is 1. The van der Waals surface area contributed by atoms with Gasteiger partial charge in [-0.25, -0.2) is 0 Å². The molecule has 0 heterocycles. The third-order valence-electron chi connectivity index (χ3n) is 4.52. The van der Waals surface area contributed by atoms with Crippen molar-refractivity contribution >= 4 is 40.7 Å². The molecule has 0 radical (unpaired) electrons. The largest absolute Gasteiger partial charge is 0.489 e. The van der Waals surface area contributed by atoms with E-state index in [4.69, 9.17) is 27.9 Å². The molecule has 0 unspecified atom stereocenters. The van der Waals surface area contributed by atoms with Crippen molar-refractivity contribution in [1.29, 1.82) is 0 Å². The standard InChI is InChI=1S/C24H22Cl2N2O3/c1-16-6-3-7-17(12-16)15-31-19-9-4-8-18(13-19)24(30)28(2)14-22(29)27-23-20(25)10-5-11-21(23)26/h3-13H,14-15H2,1-2H3,(H,27,29). The molecule has 0 spiro atoms. The lowest BCUT2D eigenvalue weighted by Crippen LogP contribution is -2.35. The molecule has 0 aliphatic rings. The number of halogens is 2. The van der Waals surface area contributed by atoms with E-state index >= 15 is 0 Å². The van der Waals surface area contributed by atoms with E-state index in [1.54, 1.807) is 49.5 Å². The Balaban J connectivity index is 1.61. The second-order valence-corrected chi connectivity index (χ2v) is 7.93. The van der Waals surface area contributed by atoms with Gasteiger partial charge in [0.1, 0.15) is 12.4 Å². The molecule has 0 aliphatic carbocycles. The second kappa shape index (κ2) is 10.3. The summed E-state index contributed by atoms with van der Waals surface area (Å²) in [7, 11) is 1.55. The molecule has 3 rings (SSSR count). The molecule has 2 amide bonds. The van der Waals surface area contributed by atoms with E-state index in [1.165, 1.54) is 4.90 Å². The molecule has 0 aromatic heterocycles. The van der Waals surface area contributed by atoms with Crippen LogP contribution >= 0.6 is 23.2 Å². The second-order valence-electron chi connectivity index (χ2n) is 7.11. The number of amides is 2. The van der Waals surface area contributed by atoms with Gasteiger partial charge < -0.3 is 15.0 Å². The number of para-hydroxylation sites is 1. The van der Waals surface area contributed by atoms with Gasteiger partial charge in [-0.3, -0.25) is 9.59 Å². The molecule has 31 heavy (non-hydrogen) atoms. The van der Waals surface area contributed by atoms with Gasteiger partial charge in [-0.05, 0) is 42.8 Å². The molecule has 3 aromatic rings. The van der Waals surface area contributed by atoms with Gasteiger partial charge >= 0.3 is 0 Å². The third-order valence-corrected chi connectivity index (χ3v) is 5.15. The maximum atomic E-state index is 12.8. The van der Waals surface area contributed by atoms with E-state index in [-0.39, 0.29) is 12.5 Å². The molecule has 0 aliphatic heterocycles. The number of hydrogen-bond acceptors (Lipinski definition) is 3. The Morgan fingerprint density at radius 2 is 1.65 bits per heavy atom. The molecule has 0 bridgehead atoms. The van der Waals surface area contributed by atoms with Crippen molar-refractivity contribution in [2.24, 2.45) is 0 Å². The van der Waals surface area contributed by atoms with Crippen LogP contribution in [0.25, 0.3) is 0 Å². The number of carbonyl (C=O) groups excluding carboxylic acids is 2. The molecule has 5 nitrogen and oxygen atoms in total. The lowest BCUT2D eigenvalue weighted by Gasteiger charge is -2.18. The molecule has 1 N–H and O–H groups in total. The van der Waals surface area contributed by atoms with E-state index in [0.717, 1.165) is 11.1 Å². The third kappa shape index (κ3) is 6.23. The maximum absolute atomic E-state index is 12.8. The van der Waals surface area contributed by atoms with Crippen molar-refractivity contribution in [2.75, 3.05) is 18.9 Å². The van der Waals surface area contributed by atoms with Gasteiger partial charge in [0.05, 0.1) is 22.3 Å². The van der Waals surface area contributed by atoms with Crippen LogP contribution in [0.15, 0.2) is 66.7 Å². The highest BCUT2D eigenvalue weighted by Crippen LogP contribution is 2.29. The Morgan fingerprint density at radius 3 is 2.35 bits per heavy atom. The average molecular weight is 457 g/mol. The minimum Gasteiger partial charge on any atom is -0.489 e. The van der Waals surface area contributed by atoms with Crippen LogP contribution in [0.1, 0.15) is 21.5 Å². The van der Waals surface area contributed by atoms with E-state index in [2.05, 4.69) is 5.32 Å². The van der Waals surface area contributed by atoms with Gasteiger partial charge in [0.15, 0.2) is 0 Å². The van der Waals surface area contributed by atoms with Crippen LogP contribution in [-0.4, -0.2) is 30.3 Å². The fraction of sp³-hybridized carbons (Fsp3) is 0.167. The predicted octanol–water partition coefficient (Wildman–Crippen LogP) is 5.59. The number of carbonyl (C=O) groups is 2. The van der Waals surface area contributed by atoms with Gasteiger partial charge in [0.2, 0.25) is 5.91 Å². The van der Waals surface area contributed by atoms with Crippen molar-refractivity contribution < 1.29 is 14.3 Å². The molecular weight excluding hydrogens is 435 g/mol. The number of nitrogens with one attached hydrogen (secondary N) is 1. The van der Waals surface area contributed by atoms with E-state index in [1.807, 2.05) is 31.2 Å². The van der Waals surface area contributed by atoms with Crippen LogP contribution in [0, 0.1) is 6.92 Å². The molecule has 7 heteroatoms. The van der Waals surface area contributed by atoms with E-state index < -0.39 is 5.91 Å². The van der Waals surface area contributed by atoms with Gasteiger partial charge in [0, 0.05) is 12.6 Å². The molecule has 0 atom stereocenters. The van der Waals surface area contributed by atoms with Crippen molar-refractivity contribution in [1.82, 2.24) is 4.90 Å². The number of likely N-dealkylation sites (N-methyl/N-ethyl adjacent to an activating group) is 1. The summed E-state index contributed by atoms with van der Waals surface area (Å²) in [4.78, 5) is 26.5. The van der Waals surface area contributed by atoms with Crippen molar-refractivity contribution in [3.8, 4) is 5.75 Å². The summed E-state index contributed by atoms with van der Waals surface area (Å²) >= 11 is 12.1. The minimum atomic E-state index is -0.405. The van der Waals surface area contributed by atoms with Crippen LogP contribution in [0.2, 0.25) is 10.0 Å². The molecule has 0 saturated heterocycles. The quantitative estimate of drug-likeness (QED) is 0.503. The summed E-state index contributed by atoms with van der Waals surface area (Å²) in [5.41, 5.74) is 2.95. The van der Waals surface area contributed by atoms with Crippen molar-refractivity contribution in [3.63, 3.8) is 0 Å². The van der Waals surface area contributed by atoms with Crippen molar-refractivity contribution in [2.45, 2.75) is 13.5 Å². The monoisotopic (exact) mass is 456 g/mol. The summed E-state index contributed by atoms with van der Waals surface area (Å²) in [5, 5.41) is 3.30. The first-order valence-corrected chi connectivity index (χ1v) is 10.4. The van der Waals surface area contributed by atoms with Crippen LogP contribution < -0.4 is 10.1 Å². The Hall–Kier alpha value is -3.02. The number of nitrogens with zero attached hydrogens (tertiary/aromatic N) is 1. The summed E-state index contributed by atoms with van der Waals surface area (Å²) in [6.07, 6.45) is 0. The Labute approximate surface area is 191 Å². The van der Waals surface area contributed by atoms with Crippen LogP contribution in [0.4, 0.5) is 5.69 Å². The van der Waals surface area contributed by atoms with Crippen LogP contribution in [0.5, 0.6) is 5.75 Å². The normalized spacial score (nSPS) is 10.5. The molecule has 3 aromatic carbocycles. The van der Waals surface area contributed by atoms with Gasteiger partial charge in [-0.1, -0.05) is 65.2 Å². The zero-order chi connectivity index (χ0) is 22.4. The molecule has 160 valence electrons. The van der Waals surface area contributed by atoms with E-state index in [0.29, 0.717) is 33.7 Å². The lowest BCUT2D eigenvalue weighted by molar-refractivity contribution is -0.116. The average Bonchev–Trinajstić information content (AvgIpc) is 2.74. The first-order chi connectivity index (χ1) is 14.8.